The van der Waals surface area contributed by atoms with Crippen LogP contribution in [0.1, 0.15) is 42.9 Å². The van der Waals surface area contributed by atoms with Crippen molar-refractivity contribution >= 4 is 16.8 Å². The van der Waals surface area contributed by atoms with Crippen LogP contribution in [-0.2, 0) is 11.0 Å². The number of rotatable bonds is 7. The molecule has 2 heterocycles. The summed E-state index contributed by atoms with van der Waals surface area (Å²) in [6.07, 6.45) is -0.709. The number of aromatic amines is 1. The van der Waals surface area contributed by atoms with Crippen LogP contribution in [0.5, 0.6) is 0 Å². The second-order valence-corrected chi connectivity index (χ2v) is 8.79. The van der Waals surface area contributed by atoms with Crippen molar-refractivity contribution in [2.75, 3.05) is 6.54 Å². The summed E-state index contributed by atoms with van der Waals surface area (Å²) in [7, 11) is 0. The number of aromatic nitrogens is 2. The van der Waals surface area contributed by atoms with Gasteiger partial charge in [0.05, 0.1) is 11.3 Å². The van der Waals surface area contributed by atoms with Crippen molar-refractivity contribution in [1.82, 2.24) is 15.3 Å². The highest BCUT2D eigenvalue weighted by Gasteiger charge is 2.31. The Hall–Kier alpha value is -3.61. The van der Waals surface area contributed by atoms with Crippen LogP contribution in [-0.4, -0.2) is 22.4 Å². The van der Waals surface area contributed by atoms with Crippen molar-refractivity contribution in [1.29, 1.82) is 0 Å². The highest BCUT2D eigenvalue weighted by Crippen LogP contribution is 2.36. The van der Waals surface area contributed by atoms with Gasteiger partial charge < -0.3 is 10.3 Å². The first-order valence-electron chi connectivity index (χ1n) is 11.2. The Kier molecular flexibility index (Phi) is 6.72. The number of H-pyrrole nitrogens is 1. The maximum absolute atomic E-state index is 13.1. The molecule has 0 aliphatic rings. The Bertz CT molecular complexity index is 1260. The average molecular weight is 466 g/mol. The minimum atomic E-state index is -4.41. The lowest BCUT2D eigenvalue weighted by molar-refractivity contribution is -0.137. The predicted molar refractivity (Wildman–Crippen MR) is 127 cm³/mol. The molecule has 34 heavy (non-hydrogen) atoms. The van der Waals surface area contributed by atoms with Gasteiger partial charge >= 0.3 is 6.18 Å². The van der Waals surface area contributed by atoms with Crippen LogP contribution < -0.4 is 5.32 Å². The van der Waals surface area contributed by atoms with Gasteiger partial charge in [0, 0.05) is 47.7 Å². The lowest BCUT2D eigenvalue weighted by atomic mass is 9.87. The molecule has 4 nitrogen and oxygen atoms in total. The van der Waals surface area contributed by atoms with Gasteiger partial charge in [0.15, 0.2) is 0 Å². The number of hydrogen-bond donors (Lipinski definition) is 2. The van der Waals surface area contributed by atoms with Crippen molar-refractivity contribution in [3.05, 3.63) is 89.7 Å². The molecule has 0 fully saturated rings. The van der Waals surface area contributed by atoms with Crippen LogP contribution in [0.25, 0.3) is 22.2 Å². The fourth-order valence-electron chi connectivity index (χ4n) is 4.02. The molecule has 0 radical (unpaired) electrons. The van der Waals surface area contributed by atoms with E-state index in [9.17, 15) is 18.0 Å². The van der Waals surface area contributed by atoms with Crippen molar-refractivity contribution in [3.63, 3.8) is 0 Å². The summed E-state index contributed by atoms with van der Waals surface area (Å²) in [5.41, 5.74) is 3.47. The molecule has 0 saturated heterocycles. The molecule has 4 aromatic rings. The summed E-state index contributed by atoms with van der Waals surface area (Å²) in [6.45, 7) is 4.55. The summed E-state index contributed by atoms with van der Waals surface area (Å²) in [4.78, 5) is 20.4. The third-order valence-corrected chi connectivity index (χ3v) is 5.79. The highest BCUT2D eigenvalue weighted by atomic mass is 19.4. The molecule has 2 aromatic heterocycles. The van der Waals surface area contributed by atoms with Gasteiger partial charge in [0.2, 0.25) is 5.91 Å². The van der Waals surface area contributed by atoms with Gasteiger partial charge in [-0.05, 0) is 47.4 Å². The van der Waals surface area contributed by atoms with E-state index in [-0.39, 0.29) is 12.3 Å². The molecule has 2 aromatic carbocycles. The third kappa shape index (κ3) is 5.30. The highest BCUT2D eigenvalue weighted by molar-refractivity contribution is 5.89. The fraction of sp³-hybridized carbons (Fsp3) is 0.259. The second-order valence-electron chi connectivity index (χ2n) is 8.79. The van der Waals surface area contributed by atoms with Gasteiger partial charge in [0.1, 0.15) is 0 Å². The van der Waals surface area contributed by atoms with E-state index in [0.29, 0.717) is 18.0 Å². The minimum absolute atomic E-state index is 0.132. The van der Waals surface area contributed by atoms with E-state index in [1.807, 2.05) is 56.4 Å². The Morgan fingerprint density at radius 3 is 2.47 bits per heavy atom. The molecule has 2 N–H and O–H groups in total. The normalized spacial score (nSPS) is 12.8. The monoisotopic (exact) mass is 465 g/mol. The van der Waals surface area contributed by atoms with Gasteiger partial charge in [-0.2, -0.15) is 13.2 Å². The van der Waals surface area contributed by atoms with Gasteiger partial charge in [-0.25, -0.2) is 0 Å². The topological polar surface area (TPSA) is 57.8 Å². The molecular formula is C27H26F3N3O. The zero-order chi connectivity index (χ0) is 24.3. The van der Waals surface area contributed by atoms with Crippen LogP contribution >= 0.6 is 0 Å². The first-order chi connectivity index (χ1) is 16.2. The number of pyridine rings is 1. The van der Waals surface area contributed by atoms with E-state index in [4.69, 9.17) is 0 Å². The van der Waals surface area contributed by atoms with Crippen LogP contribution in [0.4, 0.5) is 13.2 Å². The number of nitrogens with zero attached hydrogens (tertiary/aromatic N) is 1. The molecule has 0 saturated carbocycles. The summed E-state index contributed by atoms with van der Waals surface area (Å²) < 4.78 is 39.3. The van der Waals surface area contributed by atoms with E-state index in [2.05, 4.69) is 15.3 Å². The van der Waals surface area contributed by atoms with Crippen molar-refractivity contribution in [3.8, 4) is 11.3 Å². The quantitative estimate of drug-likeness (QED) is 0.325. The molecule has 1 amide bonds. The maximum atomic E-state index is 13.1. The third-order valence-electron chi connectivity index (χ3n) is 5.79. The van der Waals surface area contributed by atoms with E-state index in [0.717, 1.165) is 39.9 Å². The van der Waals surface area contributed by atoms with Gasteiger partial charge in [0.25, 0.3) is 0 Å². The van der Waals surface area contributed by atoms with Crippen molar-refractivity contribution < 1.29 is 18.0 Å². The maximum Gasteiger partial charge on any atom is 0.416 e. The van der Waals surface area contributed by atoms with E-state index in [1.165, 1.54) is 12.1 Å². The minimum Gasteiger partial charge on any atom is -0.361 e. The Labute approximate surface area is 196 Å². The van der Waals surface area contributed by atoms with Gasteiger partial charge in [-0.1, -0.05) is 44.2 Å². The number of carbonyl (C=O) groups excluding carboxylic acids is 1. The van der Waals surface area contributed by atoms with Crippen molar-refractivity contribution in [2.24, 2.45) is 5.92 Å². The molecule has 4 rings (SSSR count). The van der Waals surface area contributed by atoms with E-state index >= 15 is 0 Å². The van der Waals surface area contributed by atoms with E-state index < -0.39 is 17.7 Å². The SMILES string of the molecule is CC(C)CNC(=O)C[C@@H](c1ccc(C(F)(F)F)cc1)c1c[nH]c2cc(-c3ccccn3)ccc12. The molecule has 7 heteroatoms. The lowest BCUT2D eigenvalue weighted by Crippen LogP contribution is -2.28. The molecule has 0 aliphatic heterocycles. The summed E-state index contributed by atoms with van der Waals surface area (Å²) in [5, 5.41) is 3.84. The number of fused-ring (bicyclic) bond motifs is 1. The zero-order valence-electron chi connectivity index (χ0n) is 19.0. The van der Waals surface area contributed by atoms with Gasteiger partial charge in [-0.15, -0.1) is 0 Å². The molecule has 0 spiro atoms. The van der Waals surface area contributed by atoms with Crippen LogP contribution in [0, 0.1) is 5.92 Å². The number of amides is 1. The number of benzene rings is 2. The fourth-order valence-corrected chi connectivity index (χ4v) is 4.02. The van der Waals surface area contributed by atoms with Crippen LogP contribution in [0.2, 0.25) is 0 Å². The predicted octanol–water partition coefficient (Wildman–Crippen LogP) is 6.54. The number of hydrogen-bond acceptors (Lipinski definition) is 2. The van der Waals surface area contributed by atoms with E-state index in [1.54, 1.807) is 6.20 Å². The molecule has 176 valence electrons. The van der Waals surface area contributed by atoms with Crippen LogP contribution in [0.3, 0.4) is 0 Å². The smallest absolute Gasteiger partial charge is 0.361 e. The largest absolute Gasteiger partial charge is 0.416 e. The molecule has 1 atom stereocenters. The van der Waals surface area contributed by atoms with Crippen LogP contribution in [0.15, 0.2) is 73.1 Å². The Morgan fingerprint density at radius 1 is 1.06 bits per heavy atom. The summed E-state index contributed by atoms with van der Waals surface area (Å²) in [6, 6.07) is 16.7. The van der Waals surface area contributed by atoms with Gasteiger partial charge in [-0.3, -0.25) is 9.78 Å². The van der Waals surface area contributed by atoms with Crippen molar-refractivity contribution in [2.45, 2.75) is 32.4 Å². The lowest BCUT2D eigenvalue weighted by Gasteiger charge is -2.19. The standard InChI is InChI=1S/C27H26F3N3O/c1-17(2)15-33-26(34)14-22(18-6-9-20(10-7-18)27(28,29)30)23-16-32-25-13-19(8-11-21(23)25)24-5-3-4-12-31-24/h3-13,16-17,22,32H,14-15H2,1-2H3,(H,33,34)/t22-/m0/s1. The zero-order valence-corrected chi connectivity index (χ0v) is 19.0. The number of carbonyl (C=O) groups is 1. The Balaban J connectivity index is 1.71. The first-order valence-corrected chi connectivity index (χ1v) is 11.2. The summed E-state index contributed by atoms with van der Waals surface area (Å²) in [5.74, 6) is -0.242. The molecular weight excluding hydrogens is 439 g/mol. The molecule has 0 bridgehead atoms. The number of nitrogens with one attached hydrogen (secondary N) is 2. The first kappa shape index (κ1) is 23.5. The molecule has 0 unspecified atom stereocenters. The average Bonchev–Trinajstić information content (AvgIpc) is 3.24. The molecule has 0 aliphatic carbocycles. The number of alkyl halides is 3. The summed E-state index contributed by atoms with van der Waals surface area (Å²) >= 11 is 0. The number of halogens is 3. The Morgan fingerprint density at radius 2 is 1.82 bits per heavy atom. The second kappa shape index (κ2) is 9.71.